The number of carbonyl (C=O) groups is 1. The molecule has 190 valence electrons. The molecule has 0 aromatic heterocycles. The summed E-state index contributed by atoms with van der Waals surface area (Å²) in [6.45, 7) is 6.89. The molecular weight excluding hydrogens is 394 g/mol. The average molecular weight is 453 g/mol. The summed E-state index contributed by atoms with van der Waals surface area (Å²) in [6.07, 6.45) is 30.4. The summed E-state index contributed by atoms with van der Waals surface area (Å²) in [5.74, 6) is -0.706. The van der Waals surface area contributed by atoms with Gasteiger partial charge in [-0.05, 0) is 38.5 Å². The minimum absolute atomic E-state index is 0.553. The van der Waals surface area contributed by atoms with Gasteiger partial charge in [0.1, 0.15) is 0 Å². The Bertz CT molecular complexity index is 468. The van der Waals surface area contributed by atoms with Crippen LogP contribution in [-0.4, -0.2) is 41.7 Å². The highest BCUT2D eigenvalue weighted by Crippen LogP contribution is 2.22. The first-order valence-corrected chi connectivity index (χ1v) is 14.0. The minimum Gasteiger partial charge on any atom is -0.477 e. The fraction of sp³-hybridized carbons (Fsp3) is 0.897. The van der Waals surface area contributed by atoms with Crippen molar-refractivity contribution in [2.75, 3.05) is 20.6 Å². The second kappa shape index (κ2) is 19.6. The third-order valence-corrected chi connectivity index (χ3v) is 7.52. The van der Waals surface area contributed by atoms with E-state index in [4.69, 9.17) is 0 Å². The monoisotopic (exact) mass is 452 g/mol. The number of rotatable bonds is 23. The molecule has 0 aromatic rings. The van der Waals surface area contributed by atoms with Crippen molar-refractivity contribution in [2.24, 2.45) is 0 Å². The van der Waals surface area contributed by atoms with E-state index in [2.05, 4.69) is 19.1 Å². The van der Waals surface area contributed by atoms with Crippen LogP contribution in [0.2, 0.25) is 0 Å². The van der Waals surface area contributed by atoms with Crippen LogP contribution in [0.3, 0.4) is 0 Å². The van der Waals surface area contributed by atoms with Gasteiger partial charge < -0.3 is 9.59 Å². The number of carboxylic acid groups (broad SMARTS) is 1. The maximum atomic E-state index is 11.5. The van der Waals surface area contributed by atoms with Crippen LogP contribution in [0.1, 0.15) is 143 Å². The van der Waals surface area contributed by atoms with Gasteiger partial charge in [0.25, 0.3) is 0 Å². The predicted molar refractivity (Wildman–Crippen MR) is 141 cm³/mol. The molecule has 0 aliphatic carbocycles. The van der Waals surface area contributed by atoms with Gasteiger partial charge in [0, 0.05) is 13.8 Å². The predicted octanol–water partition coefficient (Wildman–Crippen LogP) is 8.91. The summed E-state index contributed by atoms with van der Waals surface area (Å²) < 4.78 is 0.553. The van der Waals surface area contributed by atoms with Gasteiger partial charge in [-0.3, -0.25) is 0 Å². The van der Waals surface area contributed by atoms with Gasteiger partial charge in [0.15, 0.2) is 5.54 Å². The van der Waals surface area contributed by atoms with E-state index in [1.165, 1.54) is 116 Å². The van der Waals surface area contributed by atoms with E-state index in [1.54, 1.807) is 0 Å². The maximum absolute atomic E-state index is 11.5. The van der Waals surface area contributed by atoms with Crippen molar-refractivity contribution in [3.63, 3.8) is 0 Å². The summed E-state index contributed by atoms with van der Waals surface area (Å²) in [4.78, 5) is 11.5. The van der Waals surface area contributed by atoms with Crippen LogP contribution in [0.15, 0.2) is 12.2 Å². The largest absolute Gasteiger partial charge is 0.477 e. The molecule has 0 radical (unpaired) electrons. The molecule has 0 aromatic carbocycles. The van der Waals surface area contributed by atoms with Gasteiger partial charge in [0.2, 0.25) is 0 Å². The summed E-state index contributed by atoms with van der Waals surface area (Å²) in [5.41, 5.74) is -0.718. The molecule has 0 saturated heterocycles. The molecule has 0 unspecified atom stereocenters. The van der Waals surface area contributed by atoms with Gasteiger partial charge >= 0.3 is 5.97 Å². The number of quaternary nitrogens is 1. The van der Waals surface area contributed by atoms with Crippen molar-refractivity contribution in [2.45, 2.75) is 148 Å². The number of likely N-dealkylation sites (N-methyl/N-ethyl adjacent to an activating group) is 1. The zero-order valence-electron chi connectivity index (χ0n) is 22.6. The Kier molecular flexibility index (Phi) is 19.1. The minimum atomic E-state index is -0.718. The Labute approximate surface area is 201 Å². The molecule has 0 rings (SSSR count). The van der Waals surface area contributed by atoms with Gasteiger partial charge in [-0.2, -0.15) is 0 Å². The van der Waals surface area contributed by atoms with Crippen molar-refractivity contribution >= 4 is 5.97 Å². The Morgan fingerprint density at radius 2 is 1.00 bits per heavy atom. The lowest BCUT2D eigenvalue weighted by Crippen LogP contribution is -2.60. The molecule has 0 saturated carbocycles. The van der Waals surface area contributed by atoms with Gasteiger partial charge in [-0.25, -0.2) is 4.79 Å². The van der Waals surface area contributed by atoms with Crippen LogP contribution >= 0.6 is 0 Å². The summed E-state index contributed by atoms with van der Waals surface area (Å²) in [6, 6.07) is 0. The van der Waals surface area contributed by atoms with E-state index in [9.17, 15) is 9.90 Å². The molecule has 0 fully saturated rings. The molecule has 0 spiro atoms. The topological polar surface area (TPSA) is 37.3 Å². The van der Waals surface area contributed by atoms with Gasteiger partial charge in [-0.1, -0.05) is 103 Å². The van der Waals surface area contributed by atoms with Crippen LogP contribution in [0.5, 0.6) is 0 Å². The first kappa shape index (κ1) is 31.2. The van der Waals surface area contributed by atoms with E-state index in [1.807, 2.05) is 27.9 Å². The highest BCUT2D eigenvalue weighted by Gasteiger charge is 2.43. The highest BCUT2D eigenvalue weighted by molar-refractivity contribution is 5.76. The number of nitrogens with zero attached hydrogens (tertiary/aromatic N) is 1. The molecule has 0 heterocycles. The van der Waals surface area contributed by atoms with Crippen LogP contribution < -0.4 is 0 Å². The van der Waals surface area contributed by atoms with Crippen LogP contribution in [0.4, 0.5) is 0 Å². The second-order valence-electron chi connectivity index (χ2n) is 11.0. The molecule has 3 nitrogen and oxygen atoms in total. The molecular formula is C29H58NO2+. The lowest BCUT2D eigenvalue weighted by Gasteiger charge is -2.41. The fourth-order valence-electron chi connectivity index (χ4n) is 4.18. The standard InChI is InChI=1S/C29H57NO2/c1-6-7-8-9-10-11-12-13-14-15-16-17-18-19-20-21-22-23-24-25-26-27-30(4,5)29(2,3)28(31)32/h13-14H,6-12,15-27H2,1-5H3/p+1/b14-13-. The van der Waals surface area contributed by atoms with E-state index in [0.717, 1.165) is 13.0 Å². The molecule has 0 atom stereocenters. The van der Waals surface area contributed by atoms with Crippen molar-refractivity contribution in [3.05, 3.63) is 12.2 Å². The first-order valence-electron chi connectivity index (χ1n) is 14.0. The van der Waals surface area contributed by atoms with Gasteiger partial charge in [-0.15, -0.1) is 0 Å². The maximum Gasteiger partial charge on any atom is 0.365 e. The first-order chi connectivity index (χ1) is 15.3. The Morgan fingerprint density at radius 3 is 1.38 bits per heavy atom. The van der Waals surface area contributed by atoms with E-state index >= 15 is 0 Å². The number of hydrogen-bond donors (Lipinski definition) is 1. The zero-order chi connectivity index (χ0) is 24.1. The number of hydrogen-bond acceptors (Lipinski definition) is 1. The fourth-order valence-corrected chi connectivity index (χ4v) is 4.18. The van der Waals surface area contributed by atoms with Crippen molar-refractivity contribution in [1.29, 1.82) is 0 Å². The Morgan fingerprint density at radius 1 is 0.656 bits per heavy atom. The van der Waals surface area contributed by atoms with Crippen LogP contribution in [0.25, 0.3) is 0 Å². The molecule has 32 heavy (non-hydrogen) atoms. The summed E-state index contributed by atoms with van der Waals surface area (Å²) in [7, 11) is 4.09. The van der Waals surface area contributed by atoms with Crippen molar-refractivity contribution in [1.82, 2.24) is 0 Å². The second-order valence-corrected chi connectivity index (χ2v) is 11.0. The van der Waals surface area contributed by atoms with Crippen LogP contribution in [0, 0.1) is 0 Å². The number of allylic oxidation sites excluding steroid dienone is 2. The van der Waals surface area contributed by atoms with E-state index < -0.39 is 11.5 Å². The molecule has 0 aliphatic rings. The third-order valence-electron chi connectivity index (χ3n) is 7.52. The molecule has 0 bridgehead atoms. The summed E-state index contributed by atoms with van der Waals surface area (Å²) in [5, 5.41) is 9.43. The SMILES string of the molecule is CCCCCCCC/C=C\CCCCCCCCCCCCC[N+](C)(C)C(C)(C)C(=O)O. The van der Waals surface area contributed by atoms with Gasteiger partial charge in [0.05, 0.1) is 20.6 Å². The number of carboxylic acids is 1. The van der Waals surface area contributed by atoms with E-state index in [0.29, 0.717) is 4.48 Å². The highest BCUT2D eigenvalue weighted by atomic mass is 16.4. The van der Waals surface area contributed by atoms with E-state index in [-0.39, 0.29) is 0 Å². The Balaban J connectivity index is 3.37. The molecule has 0 aliphatic heterocycles. The smallest absolute Gasteiger partial charge is 0.365 e. The molecule has 3 heteroatoms. The number of unbranched alkanes of at least 4 members (excludes halogenated alkanes) is 17. The van der Waals surface area contributed by atoms with Crippen molar-refractivity contribution in [3.8, 4) is 0 Å². The van der Waals surface area contributed by atoms with Crippen molar-refractivity contribution < 1.29 is 14.4 Å². The number of aliphatic carboxylic acids is 1. The Hall–Kier alpha value is -0.830. The van der Waals surface area contributed by atoms with Crippen LogP contribution in [-0.2, 0) is 4.79 Å². The molecule has 0 amide bonds. The zero-order valence-corrected chi connectivity index (χ0v) is 22.6. The quantitative estimate of drug-likeness (QED) is 0.0954. The summed E-state index contributed by atoms with van der Waals surface area (Å²) >= 11 is 0. The normalized spacial score (nSPS) is 12.7. The lowest BCUT2D eigenvalue weighted by atomic mass is 9.99. The third kappa shape index (κ3) is 15.9. The molecule has 1 N–H and O–H groups in total. The average Bonchev–Trinajstić information content (AvgIpc) is 2.74. The lowest BCUT2D eigenvalue weighted by molar-refractivity contribution is -0.928.